The second kappa shape index (κ2) is 10.8. The largest absolute Gasteiger partial charge is 0.373 e. The molecule has 1 amide bonds. The van der Waals surface area contributed by atoms with E-state index in [9.17, 15) is 4.79 Å². The average Bonchev–Trinajstić information content (AvgIpc) is 3.28. The lowest BCUT2D eigenvalue weighted by atomic mass is 10.1. The number of morpholine rings is 1. The van der Waals surface area contributed by atoms with Crippen LogP contribution in [-0.4, -0.2) is 85.6 Å². The number of carbonyl (C=O) groups excluding carboxylic acids is 1. The molecule has 0 aromatic heterocycles. The van der Waals surface area contributed by atoms with E-state index in [2.05, 4.69) is 64.5 Å². The van der Waals surface area contributed by atoms with Gasteiger partial charge in [0.25, 0.3) is 0 Å². The summed E-state index contributed by atoms with van der Waals surface area (Å²) in [5, 5.41) is 3.57. The molecule has 33 heavy (non-hydrogen) atoms. The van der Waals surface area contributed by atoms with E-state index in [0.717, 1.165) is 38.7 Å². The number of nitrogens with zero attached hydrogens (tertiary/aromatic N) is 4. The number of guanidine groups is 1. The second-order valence-corrected chi connectivity index (χ2v) is 9.04. The minimum absolute atomic E-state index is 0.0137. The molecular formula is C26H35N5O2. The minimum atomic E-state index is -0.0137. The van der Waals surface area contributed by atoms with Gasteiger partial charge >= 0.3 is 0 Å². The van der Waals surface area contributed by atoms with Crippen molar-refractivity contribution in [2.75, 3.05) is 46.9 Å². The number of fused-ring (bicyclic) bond motifs is 1. The number of benzene rings is 2. The fraction of sp³-hybridized carbons (Fsp3) is 0.462. The smallest absolute Gasteiger partial charge is 0.243 e. The van der Waals surface area contributed by atoms with Crippen LogP contribution in [0.2, 0.25) is 0 Å². The number of aliphatic imine (C=N–C) groups is 1. The Balaban J connectivity index is 1.50. The minimum Gasteiger partial charge on any atom is -0.373 e. The summed E-state index contributed by atoms with van der Waals surface area (Å²) in [6.07, 6.45) is 0.131. The molecule has 2 aromatic carbocycles. The van der Waals surface area contributed by atoms with Crippen LogP contribution in [0.4, 0.5) is 0 Å². The number of hydrogen-bond acceptors (Lipinski definition) is 4. The fourth-order valence-electron chi connectivity index (χ4n) is 4.49. The van der Waals surface area contributed by atoms with Crippen molar-refractivity contribution in [3.63, 3.8) is 0 Å². The molecule has 0 radical (unpaired) electrons. The number of ether oxygens (including phenoxy) is 1. The molecule has 0 saturated carbocycles. The SMILES string of the molecule is CC(NC(=NCC(=O)N(C)C)N1CC2OCCN(Cc3ccccc3)C2C1)c1ccccc1. The van der Waals surface area contributed by atoms with Crippen molar-refractivity contribution >= 4 is 11.9 Å². The molecule has 1 N–H and O–H groups in total. The molecule has 2 fully saturated rings. The van der Waals surface area contributed by atoms with Crippen LogP contribution in [0.3, 0.4) is 0 Å². The zero-order valence-corrected chi connectivity index (χ0v) is 19.9. The Bertz CT molecular complexity index is 934. The van der Waals surface area contributed by atoms with Crippen LogP contribution >= 0.6 is 0 Å². The summed E-state index contributed by atoms with van der Waals surface area (Å²) in [5.41, 5.74) is 2.50. The van der Waals surface area contributed by atoms with Gasteiger partial charge in [-0.15, -0.1) is 0 Å². The number of rotatable bonds is 6. The molecule has 2 aliphatic heterocycles. The molecule has 2 saturated heterocycles. The normalized spacial score (nSPS) is 22.0. The standard InChI is InChI=1S/C26H35N5O2/c1-20(22-12-8-5-9-13-22)28-26(27-16-25(32)29(2)3)31-18-23-24(19-31)33-15-14-30(23)17-21-10-6-4-7-11-21/h4-13,20,23-24H,14-19H2,1-3H3,(H,27,28). The molecular weight excluding hydrogens is 414 g/mol. The van der Waals surface area contributed by atoms with Gasteiger partial charge in [-0.1, -0.05) is 60.7 Å². The van der Waals surface area contributed by atoms with Gasteiger partial charge in [-0.05, 0) is 18.1 Å². The lowest BCUT2D eigenvalue weighted by Gasteiger charge is -2.36. The number of likely N-dealkylation sites (N-methyl/N-ethyl adjacent to an activating group) is 1. The van der Waals surface area contributed by atoms with Crippen LogP contribution in [0.5, 0.6) is 0 Å². The van der Waals surface area contributed by atoms with Gasteiger partial charge in [0.05, 0.1) is 24.8 Å². The third-order valence-electron chi connectivity index (χ3n) is 6.45. The second-order valence-electron chi connectivity index (χ2n) is 9.04. The molecule has 176 valence electrons. The maximum atomic E-state index is 12.3. The van der Waals surface area contributed by atoms with Gasteiger partial charge in [0.1, 0.15) is 6.54 Å². The van der Waals surface area contributed by atoms with E-state index in [0.29, 0.717) is 6.04 Å². The number of amides is 1. The first-order chi connectivity index (χ1) is 16.0. The van der Waals surface area contributed by atoms with Crippen LogP contribution in [0.25, 0.3) is 0 Å². The summed E-state index contributed by atoms with van der Waals surface area (Å²) in [7, 11) is 3.52. The molecule has 0 spiro atoms. The van der Waals surface area contributed by atoms with Gasteiger partial charge < -0.3 is 19.9 Å². The van der Waals surface area contributed by atoms with Crippen LogP contribution in [0.1, 0.15) is 24.1 Å². The topological polar surface area (TPSA) is 60.4 Å². The van der Waals surface area contributed by atoms with Gasteiger partial charge in [-0.3, -0.25) is 9.69 Å². The van der Waals surface area contributed by atoms with E-state index in [1.807, 2.05) is 18.2 Å². The Hall–Kier alpha value is -2.90. The van der Waals surface area contributed by atoms with Gasteiger partial charge in [-0.2, -0.15) is 0 Å². The van der Waals surface area contributed by atoms with Crippen molar-refractivity contribution in [1.82, 2.24) is 20.0 Å². The molecule has 0 bridgehead atoms. The molecule has 3 atom stereocenters. The predicted octanol–water partition coefficient (Wildman–Crippen LogP) is 2.37. The van der Waals surface area contributed by atoms with Crippen LogP contribution in [-0.2, 0) is 16.1 Å². The van der Waals surface area contributed by atoms with E-state index in [4.69, 9.17) is 9.73 Å². The van der Waals surface area contributed by atoms with E-state index in [1.165, 1.54) is 11.1 Å². The fourth-order valence-corrected chi connectivity index (χ4v) is 4.49. The van der Waals surface area contributed by atoms with Gasteiger partial charge in [0.15, 0.2) is 5.96 Å². The number of likely N-dealkylation sites (tertiary alicyclic amines) is 1. The summed E-state index contributed by atoms with van der Waals surface area (Å²) in [6.45, 7) is 6.40. The van der Waals surface area contributed by atoms with Crippen molar-refractivity contribution in [3.05, 3.63) is 71.8 Å². The summed E-state index contributed by atoms with van der Waals surface area (Å²) in [6, 6.07) is 21.3. The number of hydrogen-bond donors (Lipinski definition) is 1. The Morgan fingerprint density at radius 2 is 1.82 bits per heavy atom. The van der Waals surface area contributed by atoms with Crippen molar-refractivity contribution in [1.29, 1.82) is 0 Å². The molecule has 4 rings (SSSR count). The lowest BCUT2D eigenvalue weighted by molar-refractivity contribution is -0.127. The highest BCUT2D eigenvalue weighted by Crippen LogP contribution is 2.25. The summed E-state index contributed by atoms with van der Waals surface area (Å²) < 4.78 is 6.16. The number of nitrogens with one attached hydrogen (secondary N) is 1. The van der Waals surface area contributed by atoms with Crippen LogP contribution < -0.4 is 5.32 Å². The van der Waals surface area contributed by atoms with Crippen molar-refractivity contribution in [3.8, 4) is 0 Å². The summed E-state index contributed by atoms with van der Waals surface area (Å²) in [4.78, 5) is 23.3. The average molecular weight is 450 g/mol. The summed E-state index contributed by atoms with van der Waals surface area (Å²) >= 11 is 0. The molecule has 7 nitrogen and oxygen atoms in total. The first-order valence-electron chi connectivity index (χ1n) is 11.7. The first kappa shape index (κ1) is 23.3. The zero-order chi connectivity index (χ0) is 23.2. The highest BCUT2D eigenvalue weighted by molar-refractivity contribution is 5.85. The quantitative estimate of drug-likeness (QED) is 0.542. The van der Waals surface area contributed by atoms with Crippen LogP contribution in [0, 0.1) is 0 Å². The van der Waals surface area contributed by atoms with Crippen molar-refractivity contribution in [2.45, 2.75) is 31.7 Å². The van der Waals surface area contributed by atoms with E-state index >= 15 is 0 Å². The zero-order valence-electron chi connectivity index (χ0n) is 19.9. The van der Waals surface area contributed by atoms with Gasteiger partial charge in [-0.25, -0.2) is 4.99 Å². The number of carbonyl (C=O) groups is 1. The molecule has 2 aliphatic rings. The molecule has 3 unspecified atom stereocenters. The molecule has 2 heterocycles. The maximum absolute atomic E-state index is 12.3. The highest BCUT2D eigenvalue weighted by Gasteiger charge is 2.41. The van der Waals surface area contributed by atoms with Crippen molar-refractivity contribution < 1.29 is 9.53 Å². The van der Waals surface area contributed by atoms with E-state index in [-0.39, 0.29) is 24.6 Å². The molecule has 2 aromatic rings. The predicted molar refractivity (Wildman–Crippen MR) is 131 cm³/mol. The third kappa shape index (κ3) is 5.92. The highest BCUT2D eigenvalue weighted by atomic mass is 16.5. The van der Waals surface area contributed by atoms with Crippen molar-refractivity contribution in [2.24, 2.45) is 4.99 Å². The van der Waals surface area contributed by atoms with E-state index < -0.39 is 0 Å². The maximum Gasteiger partial charge on any atom is 0.243 e. The monoisotopic (exact) mass is 449 g/mol. The third-order valence-corrected chi connectivity index (χ3v) is 6.45. The lowest BCUT2D eigenvalue weighted by Crippen LogP contribution is -2.50. The Morgan fingerprint density at radius 1 is 1.12 bits per heavy atom. The van der Waals surface area contributed by atoms with E-state index in [1.54, 1.807) is 19.0 Å². The summed E-state index contributed by atoms with van der Waals surface area (Å²) in [5.74, 6) is 0.749. The molecule has 7 heteroatoms. The Kier molecular flexibility index (Phi) is 7.62. The van der Waals surface area contributed by atoms with Gasteiger partial charge in [0, 0.05) is 40.3 Å². The Labute approximate surface area is 197 Å². The molecule has 0 aliphatic carbocycles. The first-order valence-corrected chi connectivity index (χ1v) is 11.7. The van der Waals surface area contributed by atoms with Gasteiger partial charge in [0.2, 0.25) is 5.91 Å². The van der Waals surface area contributed by atoms with Crippen LogP contribution in [0.15, 0.2) is 65.7 Å². The Morgan fingerprint density at radius 3 is 2.52 bits per heavy atom.